The summed E-state index contributed by atoms with van der Waals surface area (Å²) in [4.78, 5) is 17.5. The minimum atomic E-state index is -3.66. The molecule has 0 aliphatic rings. The standard InChI is InChI=1S/C27H31N3O5S2/c1-17(2)14-30(15-18(3)4)37(32,33)22-10-7-19(8-11-22)26(31)29-27-28-23(16-36-27)25-12-20-6-9-21(34-5)13-24(20)35-25/h6-13,16-18H,14-15H2,1-5H3,(H,28,29,31). The van der Waals surface area contributed by atoms with Crippen LogP contribution < -0.4 is 10.1 Å². The number of ether oxygens (including phenoxy) is 1. The fourth-order valence-corrected chi connectivity index (χ4v) is 6.35. The smallest absolute Gasteiger partial charge is 0.257 e. The van der Waals surface area contributed by atoms with Gasteiger partial charge in [-0.05, 0) is 54.3 Å². The molecule has 0 radical (unpaired) electrons. The molecule has 0 fully saturated rings. The molecule has 0 aliphatic heterocycles. The molecule has 0 atom stereocenters. The van der Waals surface area contributed by atoms with Crippen LogP contribution in [0.1, 0.15) is 38.1 Å². The van der Waals surface area contributed by atoms with Gasteiger partial charge in [-0.1, -0.05) is 27.7 Å². The minimum Gasteiger partial charge on any atom is -0.497 e. The molecule has 37 heavy (non-hydrogen) atoms. The van der Waals surface area contributed by atoms with Crippen molar-refractivity contribution >= 4 is 43.4 Å². The molecule has 4 aromatic rings. The van der Waals surface area contributed by atoms with E-state index in [9.17, 15) is 13.2 Å². The average Bonchev–Trinajstić information content (AvgIpc) is 3.49. The molecule has 10 heteroatoms. The van der Waals surface area contributed by atoms with Crippen molar-refractivity contribution in [1.29, 1.82) is 0 Å². The Balaban J connectivity index is 1.47. The molecular formula is C27H31N3O5S2. The second-order valence-electron chi connectivity index (χ2n) is 9.64. The van der Waals surface area contributed by atoms with Crippen molar-refractivity contribution in [1.82, 2.24) is 9.29 Å². The quantitative estimate of drug-likeness (QED) is 0.260. The molecule has 1 amide bonds. The Bertz CT molecular complexity index is 1480. The predicted molar refractivity (Wildman–Crippen MR) is 147 cm³/mol. The first kappa shape index (κ1) is 26.8. The summed E-state index contributed by atoms with van der Waals surface area (Å²) in [6.07, 6.45) is 0. The average molecular weight is 542 g/mol. The zero-order valence-corrected chi connectivity index (χ0v) is 23.2. The van der Waals surface area contributed by atoms with Gasteiger partial charge in [0.2, 0.25) is 10.0 Å². The summed E-state index contributed by atoms with van der Waals surface area (Å²) < 4.78 is 39.1. The molecular weight excluding hydrogens is 510 g/mol. The lowest BCUT2D eigenvalue weighted by Crippen LogP contribution is -2.37. The lowest BCUT2D eigenvalue weighted by atomic mass is 10.2. The van der Waals surface area contributed by atoms with Crippen LogP contribution in [0.5, 0.6) is 5.75 Å². The van der Waals surface area contributed by atoms with Gasteiger partial charge in [0.15, 0.2) is 10.9 Å². The highest BCUT2D eigenvalue weighted by Crippen LogP contribution is 2.32. The van der Waals surface area contributed by atoms with Gasteiger partial charge >= 0.3 is 0 Å². The van der Waals surface area contributed by atoms with E-state index in [1.54, 1.807) is 12.5 Å². The molecule has 0 bridgehead atoms. The number of sulfonamides is 1. The van der Waals surface area contributed by atoms with Crippen LogP contribution in [0.4, 0.5) is 5.13 Å². The van der Waals surface area contributed by atoms with Crippen LogP contribution in [-0.4, -0.2) is 43.8 Å². The summed E-state index contributed by atoms with van der Waals surface area (Å²) in [7, 11) is -2.06. The van der Waals surface area contributed by atoms with E-state index < -0.39 is 10.0 Å². The summed E-state index contributed by atoms with van der Waals surface area (Å²) in [5, 5.41) is 5.92. The number of carbonyl (C=O) groups is 1. The summed E-state index contributed by atoms with van der Waals surface area (Å²) in [6, 6.07) is 13.5. The first-order chi connectivity index (χ1) is 17.6. The van der Waals surface area contributed by atoms with Gasteiger partial charge in [-0.15, -0.1) is 11.3 Å². The number of methoxy groups -OCH3 is 1. The third-order valence-corrected chi connectivity index (χ3v) is 8.20. The summed E-state index contributed by atoms with van der Waals surface area (Å²) in [5.41, 5.74) is 1.63. The van der Waals surface area contributed by atoms with Gasteiger partial charge in [0.1, 0.15) is 17.0 Å². The number of benzene rings is 2. The second-order valence-corrected chi connectivity index (χ2v) is 12.4. The van der Waals surface area contributed by atoms with Crippen LogP contribution >= 0.6 is 11.3 Å². The van der Waals surface area contributed by atoms with Crippen LogP contribution in [0.25, 0.3) is 22.4 Å². The van der Waals surface area contributed by atoms with Crippen LogP contribution in [0.2, 0.25) is 0 Å². The van der Waals surface area contributed by atoms with E-state index in [0.717, 1.165) is 5.39 Å². The number of rotatable bonds is 10. The van der Waals surface area contributed by atoms with Crippen molar-refractivity contribution in [2.24, 2.45) is 11.8 Å². The molecule has 2 heterocycles. The Hall–Kier alpha value is -3.21. The monoisotopic (exact) mass is 541 g/mol. The topological polar surface area (TPSA) is 102 Å². The van der Waals surface area contributed by atoms with Crippen molar-refractivity contribution < 1.29 is 22.4 Å². The zero-order chi connectivity index (χ0) is 26.7. The largest absolute Gasteiger partial charge is 0.497 e. The molecule has 0 saturated heterocycles. The highest BCUT2D eigenvalue weighted by Gasteiger charge is 2.26. The second kappa shape index (κ2) is 11.0. The first-order valence-corrected chi connectivity index (χ1v) is 14.3. The van der Waals surface area contributed by atoms with Crippen molar-refractivity contribution in [3.8, 4) is 17.2 Å². The van der Waals surface area contributed by atoms with E-state index in [1.807, 2.05) is 52.0 Å². The lowest BCUT2D eigenvalue weighted by Gasteiger charge is -2.25. The molecule has 0 unspecified atom stereocenters. The highest BCUT2D eigenvalue weighted by atomic mass is 32.2. The van der Waals surface area contributed by atoms with Gasteiger partial charge < -0.3 is 9.15 Å². The summed E-state index contributed by atoms with van der Waals surface area (Å²) in [5.74, 6) is 1.31. The van der Waals surface area contributed by atoms with Crippen molar-refractivity contribution in [2.45, 2.75) is 32.6 Å². The van der Waals surface area contributed by atoms with E-state index in [1.165, 1.54) is 39.9 Å². The highest BCUT2D eigenvalue weighted by molar-refractivity contribution is 7.89. The maximum absolute atomic E-state index is 13.2. The number of nitrogens with zero attached hydrogens (tertiary/aromatic N) is 2. The molecule has 2 aromatic heterocycles. The SMILES string of the molecule is COc1ccc2cc(-c3csc(NC(=O)c4ccc(S(=O)(=O)N(CC(C)C)CC(C)C)cc4)n3)oc2c1. The Labute approximate surface area is 221 Å². The number of aromatic nitrogens is 1. The first-order valence-electron chi connectivity index (χ1n) is 12.0. The van der Waals surface area contributed by atoms with E-state index in [0.29, 0.717) is 46.6 Å². The summed E-state index contributed by atoms with van der Waals surface area (Å²) >= 11 is 1.28. The van der Waals surface area contributed by atoms with E-state index in [4.69, 9.17) is 9.15 Å². The number of carbonyl (C=O) groups excluding carboxylic acids is 1. The van der Waals surface area contributed by atoms with Crippen molar-refractivity contribution in [2.75, 3.05) is 25.5 Å². The number of thiazole rings is 1. The normalized spacial score (nSPS) is 12.1. The number of nitrogens with one attached hydrogen (secondary N) is 1. The third-order valence-electron chi connectivity index (χ3n) is 5.60. The lowest BCUT2D eigenvalue weighted by molar-refractivity contribution is 0.102. The molecule has 4 rings (SSSR count). The van der Waals surface area contributed by atoms with Gasteiger partial charge in [-0.3, -0.25) is 10.1 Å². The molecule has 0 saturated carbocycles. The van der Waals surface area contributed by atoms with E-state index in [-0.39, 0.29) is 22.6 Å². The molecule has 0 aliphatic carbocycles. The maximum atomic E-state index is 13.2. The minimum absolute atomic E-state index is 0.170. The van der Waals surface area contributed by atoms with Crippen molar-refractivity contribution in [3.63, 3.8) is 0 Å². The van der Waals surface area contributed by atoms with Gasteiger partial charge in [-0.25, -0.2) is 13.4 Å². The number of fused-ring (bicyclic) bond motifs is 1. The van der Waals surface area contributed by atoms with E-state index >= 15 is 0 Å². The molecule has 0 spiro atoms. The third kappa shape index (κ3) is 6.20. The molecule has 1 N–H and O–H groups in total. The van der Waals surface area contributed by atoms with Gasteiger partial charge in [-0.2, -0.15) is 4.31 Å². The van der Waals surface area contributed by atoms with E-state index in [2.05, 4.69) is 10.3 Å². The fraction of sp³-hybridized carbons (Fsp3) is 0.333. The summed E-state index contributed by atoms with van der Waals surface area (Å²) in [6.45, 7) is 8.84. The maximum Gasteiger partial charge on any atom is 0.257 e. The zero-order valence-electron chi connectivity index (χ0n) is 21.5. The van der Waals surface area contributed by atoms with Crippen LogP contribution in [0.3, 0.4) is 0 Å². The van der Waals surface area contributed by atoms with Crippen molar-refractivity contribution in [3.05, 3.63) is 59.5 Å². The van der Waals surface area contributed by atoms with Gasteiger partial charge in [0.25, 0.3) is 5.91 Å². The Kier molecular flexibility index (Phi) is 8.01. The molecule has 196 valence electrons. The van der Waals surface area contributed by atoms with Gasteiger partial charge in [0.05, 0.1) is 12.0 Å². The van der Waals surface area contributed by atoms with Gasteiger partial charge in [0, 0.05) is 35.5 Å². The number of anilines is 1. The Morgan fingerprint density at radius 3 is 2.35 bits per heavy atom. The number of furan rings is 1. The number of hydrogen-bond donors (Lipinski definition) is 1. The van der Waals surface area contributed by atoms with Crippen LogP contribution in [-0.2, 0) is 10.0 Å². The van der Waals surface area contributed by atoms with Crippen LogP contribution in [0.15, 0.2) is 63.2 Å². The number of hydrogen-bond acceptors (Lipinski definition) is 7. The Morgan fingerprint density at radius 2 is 1.73 bits per heavy atom. The number of amides is 1. The predicted octanol–water partition coefficient (Wildman–Crippen LogP) is 6.12. The fourth-order valence-electron chi connectivity index (χ4n) is 3.89. The molecule has 2 aromatic carbocycles. The Morgan fingerprint density at radius 1 is 1.05 bits per heavy atom. The van der Waals surface area contributed by atoms with Crippen LogP contribution in [0, 0.1) is 11.8 Å². The molecule has 8 nitrogen and oxygen atoms in total.